The van der Waals surface area contributed by atoms with Crippen LogP contribution >= 0.6 is 11.6 Å². The van der Waals surface area contributed by atoms with Crippen molar-refractivity contribution in [3.8, 4) is 0 Å². The van der Waals surface area contributed by atoms with Crippen molar-refractivity contribution in [1.29, 1.82) is 0 Å². The summed E-state index contributed by atoms with van der Waals surface area (Å²) in [6, 6.07) is 6.84. The topological polar surface area (TPSA) is 75.6 Å². The Morgan fingerprint density at radius 3 is 2.38 bits per heavy atom. The third kappa shape index (κ3) is 5.02. The monoisotopic (exact) mass is 311 g/mol. The second-order valence-electron chi connectivity index (χ2n) is 5.18. The standard InChI is InChI=1S/C15H18ClNO4/c16-11-3-5-12(6-4-11)17-14(18)9-21-13-7-1-10(2-8-13)15(19)20/h3-6,10,13H,1-2,7-9H2,(H,17,18)(H,19,20). The van der Waals surface area contributed by atoms with Gasteiger partial charge in [-0.2, -0.15) is 0 Å². The SMILES string of the molecule is O=C(COC1CCC(C(=O)O)CC1)Nc1ccc(Cl)cc1. The Morgan fingerprint density at radius 2 is 1.81 bits per heavy atom. The van der Waals surface area contributed by atoms with Gasteiger partial charge in [0.2, 0.25) is 5.91 Å². The van der Waals surface area contributed by atoms with Gasteiger partial charge < -0.3 is 15.2 Å². The van der Waals surface area contributed by atoms with Crippen molar-refractivity contribution in [2.75, 3.05) is 11.9 Å². The molecule has 1 aliphatic carbocycles. The summed E-state index contributed by atoms with van der Waals surface area (Å²) < 4.78 is 5.54. The number of amides is 1. The van der Waals surface area contributed by atoms with Gasteiger partial charge in [0.1, 0.15) is 6.61 Å². The van der Waals surface area contributed by atoms with E-state index in [4.69, 9.17) is 21.4 Å². The van der Waals surface area contributed by atoms with Crippen molar-refractivity contribution >= 4 is 29.2 Å². The van der Waals surface area contributed by atoms with Crippen LogP contribution in [0.4, 0.5) is 5.69 Å². The Kier molecular flexibility index (Phi) is 5.59. The van der Waals surface area contributed by atoms with E-state index in [2.05, 4.69) is 5.32 Å². The number of anilines is 1. The van der Waals surface area contributed by atoms with E-state index in [0.29, 0.717) is 36.4 Å². The summed E-state index contributed by atoms with van der Waals surface area (Å²) in [6.07, 6.45) is 2.56. The molecule has 0 aromatic heterocycles. The Balaban J connectivity index is 1.70. The van der Waals surface area contributed by atoms with Gasteiger partial charge in [-0.15, -0.1) is 0 Å². The van der Waals surface area contributed by atoms with Crippen LogP contribution in [-0.2, 0) is 14.3 Å². The normalized spacial score (nSPS) is 21.8. The molecule has 1 aromatic carbocycles. The minimum absolute atomic E-state index is 0.0228. The molecule has 5 nitrogen and oxygen atoms in total. The highest BCUT2D eigenvalue weighted by molar-refractivity contribution is 6.30. The number of hydrogen-bond acceptors (Lipinski definition) is 3. The Hall–Kier alpha value is -1.59. The highest BCUT2D eigenvalue weighted by Gasteiger charge is 2.26. The number of hydrogen-bond donors (Lipinski definition) is 2. The van der Waals surface area contributed by atoms with E-state index in [1.165, 1.54) is 0 Å². The van der Waals surface area contributed by atoms with E-state index in [1.807, 2.05) is 0 Å². The van der Waals surface area contributed by atoms with E-state index in [9.17, 15) is 9.59 Å². The van der Waals surface area contributed by atoms with Crippen LogP contribution < -0.4 is 5.32 Å². The fourth-order valence-electron chi connectivity index (χ4n) is 2.40. The molecule has 0 saturated heterocycles. The van der Waals surface area contributed by atoms with E-state index < -0.39 is 5.97 Å². The van der Waals surface area contributed by atoms with E-state index in [1.54, 1.807) is 24.3 Å². The molecular weight excluding hydrogens is 294 g/mol. The Morgan fingerprint density at radius 1 is 1.19 bits per heavy atom. The van der Waals surface area contributed by atoms with Gasteiger partial charge in [-0.1, -0.05) is 11.6 Å². The lowest BCUT2D eigenvalue weighted by Gasteiger charge is -2.25. The van der Waals surface area contributed by atoms with Crippen molar-refractivity contribution in [2.45, 2.75) is 31.8 Å². The molecular formula is C15H18ClNO4. The Labute approximate surface area is 128 Å². The molecule has 1 aliphatic rings. The van der Waals surface area contributed by atoms with Crippen LogP contribution in [-0.4, -0.2) is 29.7 Å². The molecule has 0 heterocycles. The smallest absolute Gasteiger partial charge is 0.306 e. The minimum atomic E-state index is -0.742. The third-order valence-electron chi connectivity index (χ3n) is 3.60. The number of halogens is 1. The largest absolute Gasteiger partial charge is 0.481 e. The number of carbonyl (C=O) groups excluding carboxylic acids is 1. The predicted molar refractivity (Wildman–Crippen MR) is 79.4 cm³/mol. The van der Waals surface area contributed by atoms with Crippen molar-refractivity contribution in [1.82, 2.24) is 0 Å². The molecule has 2 N–H and O–H groups in total. The lowest BCUT2D eigenvalue weighted by atomic mass is 9.87. The van der Waals surface area contributed by atoms with Crippen molar-refractivity contribution in [3.05, 3.63) is 29.3 Å². The van der Waals surface area contributed by atoms with Gasteiger partial charge in [-0.05, 0) is 49.9 Å². The molecule has 1 saturated carbocycles. The molecule has 0 unspecified atom stereocenters. The van der Waals surface area contributed by atoms with Crippen LogP contribution in [0.3, 0.4) is 0 Å². The summed E-state index contributed by atoms with van der Waals surface area (Å²) >= 11 is 5.77. The fourth-order valence-corrected chi connectivity index (χ4v) is 2.53. The quantitative estimate of drug-likeness (QED) is 0.876. The maximum absolute atomic E-state index is 11.7. The van der Waals surface area contributed by atoms with Gasteiger partial charge in [-0.25, -0.2) is 0 Å². The highest BCUT2D eigenvalue weighted by Crippen LogP contribution is 2.26. The molecule has 1 amide bonds. The van der Waals surface area contributed by atoms with Crippen LogP contribution in [0.25, 0.3) is 0 Å². The first-order valence-electron chi connectivity index (χ1n) is 6.94. The van der Waals surface area contributed by atoms with E-state index in [0.717, 1.165) is 0 Å². The van der Waals surface area contributed by atoms with Crippen molar-refractivity contribution < 1.29 is 19.4 Å². The van der Waals surface area contributed by atoms with Gasteiger partial charge in [0.15, 0.2) is 0 Å². The molecule has 0 radical (unpaired) electrons. The summed E-state index contributed by atoms with van der Waals surface area (Å²) in [4.78, 5) is 22.6. The van der Waals surface area contributed by atoms with Gasteiger partial charge in [0.05, 0.1) is 12.0 Å². The second kappa shape index (κ2) is 7.43. The summed E-state index contributed by atoms with van der Waals surface area (Å²) in [7, 11) is 0. The number of carboxylic acids is 1. The fraction of sp³-hybridized carbons (Fsp3) is 0.467. The molecule has 2 rings (SSSR count). The number of nitrogens with one attached hydrogen (secondary N) is 1. The summed E-state index contributed by atoms with van der Waals surface area (Å²) in [5.74, 6) is -1.24. The first kappa shape index (κ1) is 15.8. The van der Waals surface area contributed by atoms with E-state index >= 15 is 0 Å². The van der Waals surface area contributed by atoms with Crippen molar-refractivity contribution in [3.63, 3.8) is 0 Å². The second-order valence-corrected chi connectivity index (χ2v) is 5.61. The lowest BCUT2D eigenvalue weighted by molar-refractivity contribution is -0.144. The number of benzene rings is 1. The van der Waals surface area contributed by atoms with Gasteiger partial charge in [0, 0.05) is 10.7 Å². The lowest BCUT2D eigenvalue weighted by Crippen LogP contribution is -2.29. The van der Waals surface area contributed by atoms with Crippen LogP contribution in [0.2, 0.25) is 5.02 Å². The van der Waals surface area contributed by atoms with Gasteiger partial charge in [0.25, 0.3) is 0 Å². The zero-order chi connectivity index (χ0) is 15.2. The number of carbonyl (C=O) groups is 2. The molecule has 0 aliphatic heterocycles. The molecule has 0 atom stereocenters. The maximum atomic E-state index is 11.7. The summed E-state index contributed by atoms with van der Waals surface area (Å²) in [6.45, 7) is -0.0228. The number of rotatable bonds is 5. The number of ether oxygens (including phenoxy) is 1. The first-order valence-corrected chi connectivity index (χ1v) is 7.32. The predicted octanol–water partition coefficient (Wildman–Crippen LogP) is 2.94. The van der Waals surface area contributed by atoms with Gasteiger partial charge in [-0.3, -0.25) is 9.59 Å². The molecule has 1 fully saturated rings. The molecule has 1 aromatic rings. The summed E-state index contributed by atoms with van der Waals surface area (Å²) in [5, 5.41) is 12.2. The highest BCUT2D eigenvalue weighted by atomic mass is 35.5. The zero-order valence-electron chi connectivity index (χ0n) is 11.5. The number of carboxylic acid groups (broad SMARTS) is 1. The van der Waals surface area contributed by atoms with Crippen LogP contribution in [0.1, 0.15) is 25.7 Å². The average molecular weight is 312 g/mol. The molecule has 114 valence electrons. The van der Waals surface area contributed by atoms with Crippen LogP contribution in [0.5, 0.6) is 0 Å². The van der Waals surface area contributed by atoms with Gasteiger partial charge >= 0.3 is 5.97 Å². The average Bonchev–Trinajstić information content (AvgIpc) is 2.48. The maximum Gasteiger partial charge on any atom is 0.306 e. The summed E-state index contributed by atoms with van der Waals surface area (Å²) in [5.41, 5.74) is 0.669. The molecule has 0 spiro atoms. The zero-order valence-corrected chi connectivity index (χ0v) is 12.3. The van der Waals surface area contributed by atoms with Crippen molar-refractivity contribution in [2.24, 2.45) is 5.92 Å². The molecule has 6 heteroatoms. The number of aliphatic carboxylic acids is 1. The molecule has 21 heavy (non-hydrogen) atoms. The van der Waals surface area contributed by atoms with Crippen LogP contribution in [0.15, 0.2) is 24.3 Å². The van der Waals surface area contributed by atoms with E-state index in [-0.39, 0.29) is 24.5 Å². The van der Waals surface area contributed by atoms with Crippen LogP contribution in [0, 0.1) is 5.92 Å². The minimum Gasteiger partial charge on any atom is -0.481 e. The Bertz CT molecular complexity index is 495. The third-order valence-corrected chi connectivity index (χ3v) is 3.85. The molecule has 0 bridgehead atoms. The first-order chi connectivity index (χ1) is 10.0.